The van der Waals surface area contributed by atoms with E-state index in [-0.39, 0.29) is 35.9 Å². The molecule has 294 valence electrons. The first-order valence-electron chi connectivity index (χ1n) is 20.0. The van der Waals surface area contributed by atoms with Crippen LogP contribution >= 0.6 is 0 Å². The standard InChI is InChI=1S/C26H46O3S.C18H24O3S/c1-7-9-10-11-12-13-14-15-16-17-18-23-19-24(21(3)4)26(25(20-23)22(5)6)30(27,28)29-8-2;1-6-21-22(19,20)17-11-10-14(12(2)3)16-9-7-8-15(13(4)5)18(16)17/h19-22H,7-18H2,1-6H3;7-13H,6H2,1-5H3. The number of fused-ring (bicyclic) bond motifs is 1. The van der Waals surface area contributed by atoms with Gasteiger partial charge in [-0.15, -0.1) is 0 Å². The lowest BCUT2D eigenvalue weighted by atomic mass is 9.90. The van der Waals surface area contributed by atoms with Crippen molar-refractivity contribution in [1.82, 2.24) is 0 Å². The van der Waals surface area contributed by atoms with Gasteiger partial charge in [0, 0.05) is 5.39 Å². The highest BCUT2D eigenvalue weighted by Crippen LogP contribution is 2.37. The molecule has 0 aliphatic rings. The molecule has 0 aliphatic heterocycles. The molecule has 0 saturated carbocycles. The predicted octanol–water partition coefficient (Wildman–Crippen LogP) is 12.9. The third-order valence-electron chi connectivity index (χ3n) is 9.65. The molecule has 0 aliphatic carbocycles. The lowest BCUT2D eigenvalue weighted by Gasteiger charge is -2.21. The van der Waals surface area contributed by atoms with Crippen molar-refractivity contribution in [3.63, 3.8) is 0 Å². The van der Waals surface area contributed by atoms with Gasteiger partial charge in [-0.05, 0) is 89.6 Å². The van der Waals surface area contributed by atoms with Crippen molar-refractivity contribution < 1.29 is 25.2 Å². The van der Waals surface area contributed by atoms with Crippen LogP contribution in [0, 0.1) is 0 Å². The van der Waals surface area contributed by atoms with Crippen molar-refractivity contribution in [2.24, 2.45) is 0 Å². The van der Waals surface area contributed by atoms with Crippen LogP contribution in [0.1, 0.15) is 192 Å². The molecular formula is C44H70O6S2. The summed E-state index contributed by atoms with van der Waals surface area (Å²) >= 11 is 0. The molecule has 0 heterocycles. The second kappa shape index (κ2) is 22.2. The zero-order chi connectivity index (χ0) is 39.1. The molecule has 0 N–H and O–H groups in total. The fraction of sp³-hybridized carbons (Fsp3) is 0.636. The van der Waals surface area contributed by atoms with Gasteiger partial charge in [-0.25, -0.2) is 0 Å². The van der Waals surface area contributed by atoms with Crippen LogP contribution in [0.5, 0.6) is 0 Å². The molecule has 0 aromatic heterocycles. The van der Waals surface area contributed by atoms with E-state index in [0.717, 1.165) is 39.4 Å². The number of benzene rings is 3. The van der Waals surface area contributed by atoms with Crippen LogP contribution in [0.4, 0.5) is 0 Å². The highest BCUT2D eigenvalue weighted by atomic mass is 32.2. The molecule has 0 unspecified atom stereocenters. The molecule has 0 fully saturated rings. The van der Waals surface area contributed by atoms with Gasteiger partial charge >= 0.3 is 0 Å². The second-order valence-corrected chi connectivity index (χ2v) is 18.4. The Labute approximate surface area is 318 Å². The van der Waals surface area contributed by atoms with Crippen molar-refractivity contribution >= 4 is 31.0 Å². The van der Waals surface area contributed by atoms with Crippen LogP contribution in [-0.4, -0.2) is 30.0 Å². The normalized spacial score (nSPS) is 12.4. The third-order valence-corrected chi connectivity index (χ3v) is 12.6. The summed E-state index contributed by atoms with van der Waals surface area (Å²) in [5, 5.41) is 1.80. The van der Waals surface area contributed by atoms with Gasteiger partial charge in [-0.2, -0.15) is 16.8 Å². The van der Waals surface area contributed by atoms with Crippen molar-refractivity contribution in [3.05, 3.63) is 70.3 Å². The zero-order valence-corrected chi connectivity index (χ0v) is 35.9. The average Bonchev–Trinajstić information content (AvgIpc) is 3.07. The van der Waals surface area contributed by atoms with Gasteiger partial charge in [-0.3, -0.25) is 8.37 Å². The first-order valence-corrected chi connectivity index (χ1v) is 22.9. The van der Waals surface area contributed by atoms with Gasteiger partial charge in [0.2, 0.25) is 0 Å². The van der Waals surface area contributed by atoms with Crippen LogP contribution in [0.25, 0.3) is 10.8 Å². The molecule has 8 heteroatoms. The van der Waals surface area contributed by atoms with E-state index in [0.29, 0.717) is 10.8 Å². The van der Waals surface area contributed by atoms with Crippen LogP contribution in [-0.2, 0) is 35.0 Å². The minimum atomic E-state index is -3.74. The Morgan fingerprint density at radius 3 is 1.44 bits per heavy atom. The summed E-state index contributed by atoms with van der Waals surface area (Å²) in [7, 11) is -7.46. The summed E-state index contributed by atoms with van der Waals surface area (Å²) in [6, 6.07) is 13.8. The molecule has 3 aromatic rings. The van der Waals surface area contributed by atoms with Gasteiger partial charge in [-0.1, -0.05) is 156 Å². The van der Waals surface area contributed by atoms with Crippen LogP contribution in [0.15, 0.2) is 52.3 Å². The van der Waals surface area contributed by atoms with Gasteiger partial charge in [0.15, 0.2) is 0 Å². The summed E-state index contributed by atoms with van der Waals surface area (Å²) in [6.07, 6.45) is 14.3. The molecule has 0 spiro atoms. The largest absolute Gasteiger partial charge is 0.297 e. The van der Waals surface area contributed by atoms with Crippen LogP contribution < -0.4 is 0 Å². The molecule has 0 radical (unpaired) electrons. The number of aryl methyl sites for hydroxylation is 1. The van der Waals surface area contributed by atoms with E-state index >= 15 is 0 Å². The minimum absolute atomic E-state index is 0.138. The Hall–Kier alpha value is -2.26. The Morgan fingerprint density at radius 1 is 0.519 bits per heavy atom. The summed E-state index contributed by atoms with van der Waals surface area (Å²) in [6.45, 7) is 22.6. The molecule has 0 amide bonds. The second-order valence-electron chi connectivity index (χ2n) is 15.3. The van der Waals surface area contributed by atoms with E-state index in [9.17, 15) is 16.8 Å². The van der Waals surface area contributed by atoms with Crippen molar-refractivity contribution in [2.75, 3.05) is 13.2 Å². The van der Waals surface area contributed by atoms with Crippen molar-refractivity contribution in [3.8, 4) is 0 Å². The number of hydrogen-bond acceptors (Lipinski definition) is 6. The maximum atomic E-state index is 12.8. The molecule has 3 aromatic carbocycles. The Morgan fingerprint density at radius 2 is 0.981 bits per heavy atom. The molecule has 3 rings (SSSR count). The van der Waals surface area contributed by atoms with E-state index in [1.807, 2.05) is 24.3 Å². The van der Waals surface area contributed by atoms with Gasteiger partial charge in [0.25, 0.3) is 20.2 Å². The minimum Gasteiger partial charge on any atom is -0.267 e. The maximum absolute atomic E-state index is 12.8. The monoisotopic (exact) mass is 758 g/mol. The van der Waals surface area contributed by atoms with E-state index < -0.39 is 20.2 Å². The first-order chi connectivity index (χ1) is 24.5. The highest BCUT2D eigenvalue weighted by molar-refractivity contribution is 7.87. The lowest BCUT2D eigenvalue weighted by Crippen LogP contribution is -2.14. The number of hydrogen-bond donors (Lipinski definition) is 0. The quantitative estimate of drug-likeness (QED) is 0.0794. The topological polar surface area (TPSA) is 86.7 Å². The van der Waals surface area contributed by atoms with E-state index in [2.05, 4.69) is 74.4 Å². The van der Waals surface area contributed by atoms with Gasteiger partial charge < -0.3 is 0 Å². The van der Waals surface area contributed by atoms with E-state index in [1.165, 1.54) is 69.8 Å². The Balaban J connectivity index is 0.000000376. The van der Waals surface area contributed by atoms with E-state index in [1.54, 1.807) is 19.9 Å². The van der Waals surface area contributed by atoms with Gasteiger partial charge in [0.05, 0.1) is 13.2 Å². The molecule has 6 nitrogen and oxygen atoms in total. The third kappa shape index (κ3) is 13.2. The smallest absolute Gasteiger partial charge is 0.267 e. The van der Waals surface area contributed by atoms with Crippen LogP contribution in [0.3, 0.4) is 0 Å². The molecule has 0 atom stereocenters. The zero-order valence-electron chi connectivity index (χ0n) is 34.3. The molecule has 0 saturated heterocycles. The van der Waals surface area contributed by atoms with E-state index in [4.69, 9.17) is 8.37 Å². The van der Waals surface area contributed by atoms with Crippen molar-refractivity contribution in [1.29, 1.82) is 0 Å². The summed E-state index contributed by atoms with van der Waals surface area (Å²) in [5.41, 5.74) is 5.26. The number of rotatable bonds is 21. The predicted molar refractivity (Wildman–Crippen MR) is 220 cm³/mol. The first kappa shape index (κ1) is 45.9. The summed E-state index contributed by atoms with van der Waals surface area (Å²) in [5.74, 6) is 0.844. The molecule has 0 bridgehead atoms. The fourth-order valence-electron chi connectivity index (χ4n) is 6.90. The summed E-state index contributed by atoms with van der Waals surface area (Å²) < 4.78 is 60.8. The fourth-order valence-corrected chi connectivity index (χ4v) is 9.64. The SMILES string of the molecule is CCCCCCCCCCCCc1cc(C(C)C)c(S(=O)(=O)OCC)c(C(C)C)c1.CCOS(=O)(=O)c1ccc(C(C)C)c2cccc(C(C)C)c12. The maximum Gasteiger partial charge on any atom is 0.297 e. The Kier molecular flexibility index (Phi) is 19.6. The molecule has 52 heavy (non-hydrogen) atoms. The molecular weight excluding hydrogens is 689 g/mol. The van der Waals surface area contributed by atoms with Crippen LogP contribution in [0.2, 0.25) is 0 Å². The van der Waals surface area contributed by atoms with Crippen molar-refractivity contribution in [2.45, 2.75) is 180 Å². The number of unbranched alkanes of at least 4 members (excludes halogenated alkanes) is 9. The van der Waals surface area contributed by atoms with Gasteiger partial charge in [0.1, 0.15) is 9.79 Å². The lowest BCUT2D eigenvalue weighted by molar-refractivity contribution is 0.336. The average molecular weight is 759 g/mol. The Bertz CT molecular complexity index is 1710. The summed E-state index contributed by atoms with van der Waals surface area (Å²) in [4.78, 5) is 0.680. The highest BCUT2D eigenvalue weighted by Gasteiger charge is 2.27.